The Morgan fingerprint density at radius 3 is 2.44 bits per heavy atom. The van der Waals surface area contributed by atoms with E-state index in [4.69, 9.17) is 5.26 Å². The van der Waals surface area contributed by atoms with Gasteiger partial charge in [-0.25, -0.2) is 0 Å². The molecule has 1 aliphatic carbocycles. The van der Waals surface area contributed by atoms with Crippen LogP contribution in [-0.2, 0) is 0 Å². The van der Waals surface area contributed by atoms with Crippen molar-refractivity contribution >= 4 is 0 Å². The largest absolute Gasteiger partial charge is 0.389 e. The van der Waals surface area contributed by atoms with Gasteiger partial charge >= 0.3 is 0 Å². The summed E-state index contributed by atoms with van der Waals surface area (Å²) in [5.74, 6) is 0. The Hall–Kier alpha value is -0.590. The Bertz CT molecular complexity index is 227. The minimum absolute atomic E-state index is 0.234. The molecule has 0 aromatic heterocycles. The molecule has 0 aromatic rings. The Morgan fingerprint density at radius 1 is 1.31 bits per heavy atom. The first-order valence-electron chi connectivity index (χ1n) is 6.53. The number of rotatable bonds is 5. The molecule has 0 heterocycles. The highest BCUT2D eigenvalue weighted by molar-refractivity contribution is 4.87. The monoisotopic (exact) mass is 224 g/mol. The molecule has 0 spiro atoms. The average molecular weight is 224 g/mol. The van der Waals surface area contributed by atoms with E-state index in [2.05, 4.69) is 18.3 Å². The second-order valence-electron chi connectivity index (χ2n) is 4.99. The normalized spacial score (nSPS) is 22.1. The van der Waals surface area contributed by atoms with Crippen molar-refractivity contribution in [1.82, 2.24) is 5.32 Å². The zero-order valence-corrected chi connectivity index (χ0v) is 10.3. The summed E-state index contributed by atoms with van der Waals surface area (Å²) in [5, 5.41) is 22.4. The molecule has 3 heteroatoms. The Morgan fingerprint density at radius 2 is 1.94 bits per heavy atom. The number of nitrogens with one attached hydrogen (secondary N) is 1. The van der Waals surface area contributed by atoms with Crippen LogP contribution in [0.5, 0.6) is 0 Å². The van der Waals surface area contributed by atoms with Crippen LogP contribution in [0.25, 0.3) is 0 Å². The molecule has 0 aliphatic heterocycles. The average Bonchev–Trinajstić information content (AvgIpc) is 2.50. The number of nitriles is 1. The van der Waals surface area contributed by atoms with Gasteiger partial charge in [0.15, 0.2) is 0 Å². The van der Waals surface area contributed by atoms with Crippen molar-refractivity contribution in [1.29, 1.82) is 5.26 Å². The fourth-order valence-corrected chi connectivity index (χ4v) is 2.37. The van der Waals surface area contributed by atoms with E-state index in [0.717, 1.165) is 32.1 Å². The lowest BCUT2D eigenvalue weighted by molar-refractivity contribution is 0.0227. The van der Waals surface area contributed by atoms with Gasteiger partial charge in [0.25, 0.3) is 0 Å². The summed E-state index contributed by atoms with van der Waals surface area (Å²) in [7, 11) is 0. The smallest absolute Gasteiger partial charge is 0.0771 e. The van der Waals surface area contributed by atoms with Gasteiger partial charge in [0, 0.05) is 12.6 Å². The first-order chi connectivity index (χ1) is 7.70. The predicted octanol–water partition coefficient (Wildman–Crippen LogP) is 2.35. The van der Waals surface area contributed by atoms with Crippen molar-refractivity contribution in [2.24, 2.45) is 0 Å². The Labute approximate surface area is 98.8 Å². The molecule has 0 amide bonds. The molecule has 0 radical (unpaired) electrons. The van der Waals surface area contributed by atoms with Crippen LogP contribution in [-0.4, -0.2) is 23.3 Å². The number of hydrogen-bond acceptors (Lipinski definition) is 3. The summed E-state index contributed by atoms with van der Waals surface area (Å²) >= 11 is 0. The van der Waals surface area contributed by atoms with Crippen LogP contribution in [0.1, 0.15) is 58.3 Å². The zero-order valence-electron chi connectivity index (χ0n) is 10.3. The molecular formula is C13H24N2O. The molecule has 1 aliphatic rings. The fourth-order valence-electron chi connectivity index (χ4n) is 2.37. The summed E-state index contributed by atoms with van der Waals surface area (Å²) in [4.78, 5) is 0. The van der Waals surface area contributed by atoms with Crippen LogP contribution in [0.4, 0.5) is 0 Å². The molecule has 0 aromatic carbocycles. The second-order valence-corrected chi connectivity index (χ2v) is 4.99. The van der Waals surface area contributed by atoms with E-state index < -0.39 is 5.60 Å². The SMILES string of the molecule is CCC(CC#N)NCC1(O)CCCCCC1. The summed E-state index contributed by atoms with van der Waals surface area (Å²) in [5.41, 5.74) is -0.528. The predicted molar refractivity (Wildman–Crippen MR) is 65.0 cm³/mol. The van der Waals surface area contributed by atoms with Gasteiger partial charge < -0.3 is 10.4 Å². The minimum Gasteiger partial charge on any atom is -0.389 e. The van der Waals surface area contributed by atoms with Gasteiger partial charge in [-0.3, -0.25) is 0 Å². The van der Waals surface area contributed by atoms with Crippen LogP contribution in [0.2, 0.25) is 0 Å². The number of aliphatic hydroxyl groups is 1. The van der Waals surface area contributed by atoms with Crippen molar-refractivity contribution in [3.05, 3.63) is 0 Å². The first-order valence-corrected chi connectivity index (χ1v) is 6.53. The van der Waals surface area contributed by atoms with Crippen LogP contribution in [0.3, 0.4) is 0 Å². The molecular weight excluding hydrogens is 200 g/mol. The van der Waals surface area contributed by atoms with Gasteiger partial charge in [-0.15, -0.1) is 0 Å². The highest BCUT2D eigenvalue weighted by atomic mass is 16.3. The minimum atomic E-state index is -0.528. The molecule has 1 unspecified atom stereocenters. The molecule has 92 valence electrons. The highest BCUT2D eigenvalue weighted by Gasteiger charge is 2.28. The van der Waals surface area contributed by atoms with Gasteiger partial charge in [-0.1, -0.05) is 32.6 Å². The summed E-state index contributed by atoms with van der Waals surface area (Å²) in [6.07, 6.45) is 8.05. The second kappa shape index (κ2) is 6.88. The maximum absolute atomic E-state index is 10.4. The van der Waals surface area contributed by atoms with Crippen LogP contribution >= 0.6 is 0 Å². The van der Waals surface area contributed by atoms with E-state index in [9.17, 15) is 5.11 Å². The summed E-state index contributed by atoms with van der Waals surface area (Å²) in [6, 6.07) is 2.42. The maximum atomic E-state index is 10.4. The van der Waals surface area contributed by atoms with Gasteiger partial charge in [-0.2, -0.15) is 5.26 Å². The van der Waals surface area contributed by atoms with E-state index in [-0.39, 0.29) is 6.04 Å². The van der Waals surface area contributed by atoms with Gasteiger partial charge in [-0.05, 0) is 19.3 Å². The first kappa shape index (κ1) is 13.5. The third-order valence-electron chi connectivity index (χ3n) is 3.58. The molecule has 3 nitrogen and oxygen atoms in total. The standard InChI is InChI=1S/C13H24N2O/c1-2-12(7-10-14)15-11-13(16)8-5-3-4-6-9-13/h12,15-16H,2-9,11H2,1H3. The Balaban J connectivity index is 2.36. The Kier molecular flexibility index (Phi) is 5.79. The van der Waals surface area contributed by atoms with E-state index >= 15 is 0 Å². The van der Waals surface area contributed by atoms with Crippen molar-refractivity contribution in [2.45, 2.75) is 69.9 Å². The molecule has 2 N–H and O–H groups in total. The number of hydrogen-bond donors (Lipinski definition) is 2. The van der Waals surface area contributed by atoms with Gasteiger partial charge in [0.05, 0.1) is 18.1 Å². The lowest BCUT2D eigenvalue weighted by atomic mass is 9.94. The van der Waals surface area contributed by atoms with Crippen molar-refractivity contribution in [3.8, 4) is 6.07 Å². The quantitative estimate of drug-likeness (QED) is 0.705. The lowest BCUT2D eigenvalue weighted by Gasteiger charge is -2.29. The molecule has 1 saturated carbocycles. The lowest BCUT2D eigenvalue weighted by Crippen LogP contribution is -2.44. The van der Waals surface area contributed by atoms with Crippen LogP contribution < -0.4 is 5.32 Å². The molecule has 1 atom stereocenters. The van der Waals surface area contributed by atoms with Crippen LogP contribution in [0.15, 0.2) is 0 Å². The zero-order chi connectivity index (χ0) is 11.9. The van der Waals surface area contributed by atoms with E-state index in [0.29, 0.717) is 13.0 Å². The van der Waals surface area contributed by atoms with Crippen molar-refractivity contribution < 1.29 is 5.11 Å². The highest BCUT2D eigenvalue weighted by Crippen LogP contribution is 2.26. The fraction of sp³-hybridized carbons (Fsp3) is 0.923. The van der Waals surface area contributed by atoms with Crippen LogP contribution in [0, 0.1) is 11.3 Å². The summed E-state index contributed by atoms with van der Waals surface area (Å²) < 4.78 is 0. The third kappa shape index (κ3) is 4.51. The van der Waals surface area contributed by atoms with E-state index in [1.807, 2.05) is 0 Å². The topological polar surface area (TPSA) is 56.0 Å². The molecule has 1 fully saturated rings. The summed E-state index contributed by atoms with van der Waals surface area (Å²) in [6.45, 7) is 2.72. The molecule has 1 rings (SSSR count). The van der Waals surface area contributed by atoms with Crippen molar-refractivity contribution in [2.75, 3.05) is 6.54 Å². The molecule has 16 heavy (non-hydrogen) atoms. The maximum Gasteiger partial charge on any atom is 0.0771 e. The molecule has 0 saturated heterocycles. The van der Waals surface area contributed by atoms with Gasteiger partial charge in [0.1, 0.15) is 0 Å². The van der Waals surface area contributed by atoms with E-state index in [1.54, 1.807) is 0 Å². The third-order valence-corrected chi connectivity index (χ3v) is 3.58. The van der Waals surface area contributed by atoms with E-state index in [1.165, 1.54) is 12.8 Å². The number of nitrogens with zero attached hydrogens (tertiary/aromatic N) is 1. The molecule has 0 bridgehead atoms. The van der Waals surface area contributed by atoms with Gasteiger partial charge in [0.2, 0.25) is 0 Å². The van der Waals surface area contributed by atoms with Crippen molar-refractivity contribution in [3.63, 3.8) is 0 Å².